The number of nitrogens with zero attached hydrogens (tertiary/aromatic N) is 1. The molecule has 1 heterocycles. The molecule has 1 aromatic rings. The first-order chi connectivity index (χ1) is 7.99. The molecule has 0 aromatic heterocycles. The quantitative estimate of drug-likeness (QED) is 0.856. The number of hydrogen-bond donors (Lipinski definition) is 1. The molecule has 0 aliphatic carbocycles. The van der Waals surface area contributed by atoms with Crippen molar-refractivity contribution in [2.75, 3.05) is 11.4 Å². The maximum Gasteiger partial charge on any atom is 0.247 e. The van der Waals surface area contributed by atoms with Gasteiger partial charge in [0, 0.05) is 10.2 Å². The number of piperazine rings is 1. The first-order valence-electron chi connectivity index (χ1n) is 5.36. The predicted octanol–water partition coefficient (Wildman–Crippen LogP) is 1.61. The monoisotopic (exact) mass is 296 g/mol. The van der Waals surface area contributed by atoms with Crippen molar-refractivity contribution in [3.8, 4) is 0 Å². The van der Waals surface area contributed by atoms with Gasteiger partial charge >= 0.3 is 0 Å². The molecule has 0 bridgehead atoms. The molecule has 4 nitrogen and oxygen atoms in total. The van der Waals surface area contributed by atoms with Crippen molar-refractivity contribution < 1.29 is 9.59 Å². The molecular weight excluding hydrogens is 284 g/mol. The highest BCUT2D eigenvalue weighted by Gasteiger charge is 2.32. The van der Waals surface area contributed by atoms with Gasteiger partial charge in [0.15, 0.2) is 0 Å². The van der Waals surface area contributed by atoms with Crippen LogP contribution in [0.3, 0.4) is 0 Å². The second kappa shape index (κ2) is 4.49. The van der Waals surface area contributed by atoms with Crippen molar-refractivity contribution >= 4 is 33.4 Å². The average Bonchev–Trinajstić information content (AvgIpc) is 2.23. The summed E-state index contributed by atoms with van der Waals surface area (Å²) >= 11 is 3.40. The van der Waals surface area contributed by atoms with E-state index in [9.17, 15) is 9.59 Å². The van der Waals surface area contributed by atoms with Gasteiger partial charge in [-0.15, -0.1) is 0 Å². The molecule has 5 heteroatoms. The molecule has 1 aliphatic heterocycles. The van der Waals surface area contributed by atoms with E-state index in [2.05, 4.69) is 21.2 Å². The molecule has 2 rings (SSSR count). The zero-order valence-corrected chi connectivity index (χ0v) is 11.2. The third-order valence-electron chi connectivity index (χ3n) is 2.75. The Kier molecular flexibility index (Phi) is 3.19. The lowest BCUT2D eigenvalue weighted by Gasteiger charge is -2.33. The number of halogens is 1. The first kappa shape index (κ1) is 12.1. The third-order valence-corrected chi connectivity index (χ3v) is 3.21. The van der Waals surface area contributed by atoms with Crippen LogP contribution >= 0.6 is 15.9 Å². The Balaban J connectivity index is 2.42. The van der Waals surface area contributed by atoms with E-state index in [-0.39, 0.29) is 18.4 Å². The lowest BCUT2D eigenvalue weighted by atomic mass is 10.1. The summed E-state index contributed by atoms with van der Waals surface area (Å²) < 4.78 is 0.901. The molecule has 1 aliphatic rings. The summed E-state index contributed by atoms with van der Waals surface area (Å²) in [4.78, 5) is 25.0. The van der Waals surface area contributed by atoms with Crippen LogP contribution in [-0.4, -0.2) is 24.4 Å². The number of amides is 2. The van der Waals surface area contributed by atoms with E-state index in [4.69, 9.17) is 0 Å². The number of anilines is 1. The van der Waals surface area contributed by atoms with E-state index < -0.39 is 6.04 Å². The summed E-state index contributed by atoms with van der Waals surface area (Å²) in [5.41, 5.74) is 1.80. The van der Waals surface area contributed by atoms with Crippen LogP contribution in [0.1, 0.15) is 12.5 Å². The van der Waals surface area contributed by atoms with E-state index in [0.717, 1.165) is 15.7 Å². The van der Waals surface area contributed by atoms with E-state index in [1.54, 1.807) is 6.92 Å². The highest BCUT2D eigenvalue weighted by Crippen LogP contribution is 2.25. The maximum absolute atomic E-state index is 11.9. The van der Waals surface area contributed by atoms with Crippen molar-refractivity contribution in [2.24, 2.45) is 0 Å². The molecule has 1 saturated heterocycles. The Labute approximate surface area is 108 Å². The summed E-state index contributed by atoms with van der Waals surface area (Å²) in [6, 6.07) is 5.24. The number of aryl methyl sites for hydroxylation is 1. The molecule has 1 unspecified atom stereocenters. The normalized spacial score (nSPS) is 20.4. The highest BCUT2D eigenvalue weighted by atomic mass is 79.9. The van der Waals surface area contributed by atoms with E-state index in [1.165, 1.54) is 4.90 Å². The minimum Gasteiger partial charge on any atom is -0.345 e. The van der Waals surface area contributed by atoms with Gasteiger partial charge in [0.25, 0.3) is 0 Å². The summed E-state index contributed by atoms with van der Waals surface area (Å²) in [5.74, 6) is -0.211. The Hall–Kier alpha value is -1.36. The van der Waals surface area contributed by atoms with Crippen molar-refractivity contribution in [2.45, 2.75) is 19.9 Å². The third kappa shape index (κ3) is 2.34. The zero-order valence-electron chi connectivity index (χ0n) is 9.66. The van der Waals surface area contributed by atoms with Crippen LogP contribution in [0.15, 0.2) is 22.7 Å². The van der Waals surface area contributed by atoms with Crippen LogP contribution in [0, 0.1) is 6.92 Å². The second-order valence-electron chi connectivity index (χ2n) is 4.14. The number of nitrogens with one attached hydrogen (secondary N) is 1. The minimum atomic E-state index is -0.468. The molecule has 90 valence electrons. The van der Waals surface area contributed by atoms with Crippen molar-refractivity contribution in [3.63, 3.8) is 0 Å². The minimum absolute atomic E-state index is 0.0642. The smallest absolute Gasteiger partial charge is 0.247 e. The number of hydrogen-bond acceptors (Lipinski definition) is 2. The van der Waals surface area contributed by atoms with Gasteiger partial charge in [-0.2, -0.15) is 0 Å². The van der Waals surface area contributed by atoms with Gasteiger partial charge in [-0.05, 0) is 37.6 Å². The Bertz CT molecular complexity index is 467. The summed E-state index contributed by atoms with van der Waals surface area (Å²) in [6.07, 6.45) is 0. The molecule has 1 atom stereocenters. The summed E-state index contributed by atoms with van der Waals surface area (Å²) in [5, 5.41) is 2.57. The van der Waals surface area contributed by atoms with Gasteiger partial charge in [0.1, 0.15) is 6.04 Å². The summed E-state index contributed by atoms with van der Waals surface area (Å²) in [6.45, 7) is 3.74. The van der Waals surface area contributed by atoms with Crippen LogP contribution in [0.2, 0.25) is 0 Å². The van der Waals surface area contributed by atoms with Crippen LogP contribution in [0.4, 0.5) is 5.69 Å². The fourth-order valence-electron chi connectivity index (χ4n) is 1.95. The molecule has 2 amide bonds. The van der Waals surface area contributed by atoms with Crippen molar-refractivity contribution in [1.29, 1.82) is 0 Å². The van der Waals surface area contributed by atoms with Crippen LogP contribution < -0.4 is 10.2 Å². The van der Waals surface area contributed by atoms with Crippen LogP contribution in [0.25, 0.3) is 0 Å². The predicted molar refractivity (Wildman–Crippen MR) is 68.8 cm³/mol. The van der Waals surface area contributed by atoms with Gasteiger partial charge in [0.05, 0.1) is 6.54 Å². The van der Waals surface area contributed by atoms with Gasteiger partial charge in [0.2, 0.25) is 11.8 Å². The fraction of sp³-hybridized carbons (Fsp3) is 0.333. The van der Waals surface area contributed by atoms with Gasteiger partial charge in [-0.3, -0.25) is 14.5 Å². The van der Waals surface area contributed by atoms with E-state index in [0.29, 0.717) is 0 Å². The second-order valence-corrected chi connectivity index (χ2v) is 5.06. The summed E-state index contributed by atoms with van der Waals surface area (Å²) in [7, 11) is 0. The zero-order chi connectivity index (χ0) is 12.6. The molecule has 1 aromatic carbocycles. The standard InChI is InChI=1S/C12H13BrN2O2/c1-7-3-9(13)5-10(4-7)15-8(2)12(17)14-6-11(15)16/h3-5,8H,6H2,1-2H3,(H,14,17). The van der Waals surface area contributed by atoms with Gasteiger partial charge in [-0.25, -0.2) is 0 Å². The molecule has 17 heavy (non-hydrogen) atoms. The van der Waals surface area contributed by atoms with E-state index in [1.807, 2.05) is 25.1 Å². The SMILES string of the molecule is Cc1cc(Br)cc(N2C(=O)CNC(=O)C2C)c1. The maximum atomic E-state index is 11.9. The van der Waals surface area contributed by atoms with Crippen LogP contribution in [0.5, 0.6) is 0 Å². The number of benzene rings is 1. The first-order valence-corrected chi connectivity index (χ1v) is 6.15. The van der Waals surface area contributed by atoms with Crippen molar-refractivity contribution in [1.82, 2.24) is 5.32 Å². The Morgan fingerprint density at radius 3 is 2.71 bits per heavy atom. The van der Waals surface area contributed by atoms with E-state index >= 15 is 0 Å². The highest BCUT2D eigenvalue weighted by molar-refractivity contribution is 9.10. The molecule has 0 radical (unpaired) electrons. The average molecular weight is 297 g/mol. The largest absolute Gasteiger partial charge is 0.345 e. The van der Waals surface area contributed by atoms with Gasteiger partial charge < -0.3 is 5.32 Å². The number of carbonyl (C=O) groups is 2. The topological polar surface area (TPSA) is 49.4 Å². The molecule has 1 fully saturated rings. The van der Waals surface area contributed by atoms with Gasteiger partial charge in [-0.1, -0.05) is 15.9 Å². The Morgan fingerprint density at radius 2 is 2.06 bits per heavy atom. The molecule has 1 N–H and O–H groups in total. The number of rotatable bonds is 1. The van der Waals surface area contributed by atoms with Crippen molar-refractivity contribution in [3.05, 3.63) is 28.2 Å². The Morgan fingerprint density at radius 1 is 1.35 bits per heavy atom. The lowest BCUT2D eigenvalue weighted by Crippen LogP contribution is -2.57. The fourth-order valence-corrected chi connectivity index (χ4v) is 2.55. The van der Waals surface area contributed by atoms with Crippen LogP contribution in [-0.2, 0) is 9.59 Å². The lowest BCUT2D eigenvalue weighted by molar-refractivity contribution is -0.130. The molecule has 0 saturated carbocycles. The number of carbonyl (C=O) groups excluding carboxylic acids is 2. The molecule has 0 spiro atoms. The molecular formula is C12H13BrN2O2.